The second-order valence-electron chi connectivity index (χ2n) is 3.88. The van der Waals surface area contributed by atoms with E-state index in [1.807, 2.05) is 0 Å². The molecule has 8 heteroatoms. The number of hydrogen-bond acceptors (Lipinski definition) is 3. The molecule has 100 valence electrons. The van der Waals surface area contributed by atoms with Crippen molar-refractivity contribution < 1.29 is 8.42 Å². The molecule has 0 aromatic heterocycles. The molecule has 18 heavy (non-hydrogen) atoms. The van der Waals surface area contributed by atoms with E-state index in [4.69, 9.17) is 23.2 Å². The summed E-state index contributed by atoms with van der Waals surface area (Å²) in [7, 11) is -3.56. The zero-order valence-corrected chi connectivity index (χ0v) is 11.8. The van der Waals surface area contributed by atoms with Crippen molar-refractivity contribution in [3.63, 3.8) is 0 Å². The molecule has 0 spiro atoms. The molecule has 0 amide bonds. The fraction of sp³-hybridized carbons (Fsp3) is 0.400. The second kappa shape index (κ2) is 5.63. The monoisotopic (exact) mass is 309 g/mol. The van der Waals surface area contributed by atoms with Crippen molar-refractivity contribution >= 4 is 39.1 Å². The minimum atomic E-state index is -3.56. The molecule has 1 aromatic rings. The molecule has 1 aliphatic heterocycles. The van der Waals surface area contributed by atoms with Gasteiger partial charge in [-0.1, -0.05) is 23.2 Å². The van der Waals surface area contributed by atoms with Crippen LogP contribution in [0.1, 0.15) is 0 Å². The van der Waals surface area contributed by atoms with E-state index >= 15 is 0 Å². The van der Waals surface area contributed by atoms with E-state index in [1.165, 1.54) is 10.4 Å². The molecule has 1 saturated heterocycles. The van der Waals surface area contributed by atoms with E-state index in [2.05, 4.69) is 10.0 Å². The first-order chi connectivity index (χ1) is 8.49. The number of piperazine rings is 1. The first kappa shape index (κ1) is 13.9. The zero-order chi connectivity index (χ0) is 13.2. The maximum Gasteiger partial charge on any atom is 0.301 e. The minimum absolute atomic E-state index is 0.279. The molecule has 1 heterocycles. The maximum atomic E-state index is 12.1. The van der Waals surface area contributed by atoms with Crippen molar-refractivity contribution in [3.8, 4) is 0 Å². The summed E-state index contributed by atoms with van der Waals surface area (Å²) in [4.78, 5) is 0. The third kappa shape index (κ3) is 3.27. The van der Waals surface area contributed by atoms with Gasteiger partial charge in [0.25, 0.3) is 0 Å². The van der Waals surface area contributed by atoms with Crippen LogP contribution in [0.3, 0.4) is 0 Å². The fourth-order valence-electron chi connectivity index (χ4n) is 1.66. The molecule has 0 aliphatic carbocycles. The smallest absolute Gasteiger partial charge is 0.301 e. The van der Waals surface area contributed by atoms with Crippen molar-refractivity contribution in [1.82, 2.24) is 9.62 Å². The van der Waals surface area contributed by atoms with Crippen molar-refractivity contribution in [2.75, 3.05) is 30.9 Å². The number of rotatable bonds is 3. The molecule has 0 saturated carbocycles. The van der Waals surface area contributed by atoms with Crippen molar-refractivity contribution in [1.29, 1.82) is 0 Å². The Hall–Kier alpha value is -0.530. The highest BCUT2D eigenvalue weighted by molar-refractivity contribution is 7.90. The highest BCUT2D eigenvalue weighted by atomic mass is 35.5. The Morgan fingerprint density at radius 1 is 1.22 bits per heavy atom. The number of anilines is 1. The molecule has 5 nitrogen and oxygen atoms in total. The van der Waals surface area contributed by atoms with Crippen molar-refractivity contribution in [2.24, 2.45) is 0 Å². The Kier molecular flexibility index (Phi) is 4.34. The summed E-state index contributed by atoms with van der Waals surface area (Å²) in [6.07, 6.45) is 0. The van der Waals surface area contributed by atoms with Gasteiger partial charge in [-0.05, 0) is 18.2 Å². The van der Waals surface area contributed by atoms with E-state index < -0.39 is 10.2 Å². The van der Waals surface area contributed by atoms with E-state index in [1.54, 1.807) is 12.1 Å². The van der Waals surface area contributed by atoms with Crippen LogP contribution in [0.2, 0.25) is 10.0 Å². The summed E-state index contributed by atoms with van der Waals surface area (Å²) in [5.74, 6) is 0. The lowest BCUT2D eigenvalue weighted by Gasteiger charge is -2.27. The fourth-order valence-corrected chi connectivity index (χ4v) is 3.42. The van der Waals surface area contributed by atoms with E-state index in [0.29, 0.717) is 36.9 Å². The van der Waals surface area contributed by atoms with Gasteiger partial charge in [-0.15, -0.1) is 0 Å². The maximum absolute atomic E-state index is 12.1. The van der Waals surface area contributed by atoms with Gasteiger partial charge in [-0.3, -0.25) is 4.72 Å². The predicted octanol–water partition coefficient (Wildman–Crippen LogP) is 1.56. The number of nitrogens with one attached hydrogen (secondary N) is 2. The van der Waals surface area contributed by atoms with Gasteiger partial charge in [0.1, 0.15) is 0 Å². The van der Waals surface area contributed by atoms with Crippen LogP contribution in [0.25, 0.3) is 0 Å². The largest absolute Gasteiger partial charge is 0.314 e. The van der Waals surface area contributed by atoms with Crippen LogP contribution < -0.4 is 10.0 Å². The van der Waals surface area contributed by atoms with Gasteiger partial charge < -0.3 is 5.32 Å². The molecule has 2 N–H and O–H groups in total. The third-order valence-electron chi connectivity index (χ3n) is 2.59. The Balaban J connectivity index is 2.16. The normalized spacial score (nSPS) is 17.7. The van der Waals surface area contributed by atoms with Gasteiger partial charge in [-0.25, -0.2) is 0 Å². The summed E-state index contributed by atoms with van der Waals surface area (Å²) >= 11 is 11.7. The SMILES string of the molecule is O=S(=O)(Nc1ccc(Cl)cc1Cl)N1CCNCC1. The van der Waals surface area contributed by atoms with E-state index in [-0.39, 0.29) is 5.02 Å². The summed E-state index contributed by atoms with van der Waals surface area (Å²) in [5.41, 5.74) is 0.333. The van der Waals surface area contributed by atoms with E-state index in [0.717, 1.165) is 0 Å². The lowest BCUT2D eigenvalue weighted by molar-refractivity contribution is 0.362. The zero-order valence-electron chi connectivity index (χ0n) is 9.49. The lowest BCUT2D eigenvalue weighted by Crippen LogP contribution is -2.48. The van der Waals surface area contributed by atoms with Crippen LogP contribution in [-0.2, 0) is 10.2 Å². The van der Waals surface area contributed by atoms with Gasteiger partial charge in [0.2, 0.25) is 0 Å². The van der Waals surface area contributed by atoms with Crippen molar-refractivity contribution in [2.45, 2.75) is 0 Å². The molecule has 1 aromatic carbocycles. The molecule has 0 unspecified atom stereocenters. The summed E-state index contributed by atoms with van der Waals surface area (Å²) in [5, 5.41) is 3.83. The summed E-state index contributed by atoms with van der Waals surface area (Å²) < 4.78 is 28.0. The number of nitrogens with zero attached hydrogens (tertiary/aromatic N) is 1. The second-order valence-corrected chi connectivity index (χ2v) is 6.39. The summed E-state index contributed by atoms with van der Waals surface area (Å²) in [6.45, 7) is 2.19. The van der Waals surface area contributed by atoms with Crippen LogP contribution in [0.4, 0.5) is 5.69 Å². The first-order valence-electron chi connectivity index (χ1n) is 5.43. The average Bonchev–Trinajstić information content (AvgIpc) is 2.34. The van der Waals surface area contributed by atoms with Crippen LogP contribution in [-0.4, -0.2) is 38.9 Å². The summed E-state index contributed by atoms with van der Waals surface area (Å²) in [6, 6.07) is 4.63. The number of hydrogen-bond donors (Lipinski definition) is 2. The van der Waals surface area contributed by atoms with Gasteiger partial charge in [-0.2, -0.15) is 12.7 Å². The number of halogens is 2. The average molecular weight is 310 g/mol. The third-order valence-corrected chi connectivity index (χ3v) is 4.66. The van der Waals surface area contributed by atoms with Crippen LogP contribution >= 0.6 is 23.2 Å². The van der Waals surface area contributed by atoms with E-state index in [9.17, 15) is 8.42 Å². The van der Waals surface area contributed by atoms with Gasteiger partial charge >= 0.3 is 10.2 Å². The van der Waals surface area contributed by atoms with Gasteiger partial charge in [0.05, 0.1) is 10.7 Å². The van der Waals surface area contributed by atoms with Crippen LogP contribution in [0.5, 0.6) is 0 Å². The topological polar surface area (TPSA) is 61.4 Å². The Labute approximate surface area is 116 Å². The number of benzene rings is 1. The van der Waals surface area contributed by atoms with Crippen molar-refractivity contribution in [3.05, 3.63) is 28.2 Å². The quantitative estimate of drug-likeness (QED) is 0.890. The molecular formula is C10H13Cl2N3O2S. The Morgan fingerprint density at radius 2 is 1.89 bits per heavy atom. The molecule has 1 aliphatic rings. The predicted molar refractivity (Wildman–Crippen MR) is 73.4 cm³/mol. The molecular weight excluding hydrogens is 297 g/mol. The van der Waals surface area contributed by atoms with Gasteiger partial charge in [0, 0.05) is 31.2 Å². The minimum Gasteiger partial charge on any atom is -0.314 e. The molecule has 1 fully saturated rings. The standard InChI is InChI=1S/C10H13Cl2N3O2S/c11-8-1-2-10(9(12)7-8)14-18(16,17)15-5-3-13-4-6-15/h1-2,7,13-14H,3-6H2. The highest BCUT2D eigenvalue weighted by Crippen LogP contribution is 2.26. The highest BCUT2D eigenvalue weighted by Gasteiger charge is 2.24. The van der Waals surface area contributed by atoms with Gasteiger partial charge in [0.15, 0.2) is 0 Å². The Bertz CT molecular complexity index is 530. The molecule has 0 bridgehead atoms. The molecule has 2 rings (SSSR count). The molecule has 0 radical (unpaired) electrons. The van der Waals surface area contributed by atoms with Crippen LogP contribution in [0.15, 0.2) is 18.2 Å². The Morgan fingerprint density at radius 3 is 2.50 bits per heavy atom. The van der Waals surface area contributed by atoms with Crippen LogP contribution in [0, 0.1) is 0 Å². The first-order valence-corrected chi connectivity index (χ1v) is 7.62. The lowest BCUT2D eigenvalue weighted by atomic mass is 10.3. The molecule has 0 atom stereocenters.